The summed E-state index contributed by atoms with van der Waals surface area (Å²) < 4.78 is 0. The van der Waals surface area contributed by atoms with E-state index in [4.69, 9.17) is 5.41 Å². The fourth-order valence-corrected chi connectivity index (χ4v) is 5.14. The summed E-state index contributed by atoms with van der Waals surface area (Å²) in [4.78, 5) is 0. The molecule has 0 unspecified atom stereocenters. The predicted molar refractivity (Wildman–Crippen MR) is 167 cm³/mol. The van der Waals surface area contributed by atoms with E-state index < -0.39 is 0 Å². The van der Waals surface area contributed by atoms with E-state index in [0.29, 0.717) is 0 Å². The molecule has 0 saturated carbocycles. The Morgan fingerprint density at radius 2 is 1.22 bits per heavy atom. The lowest BCUT2D eigenvalue weighted by molar-refractivity contribution is 1.42. The number of allylic oxidation sites excluding steroid dienone is 3. The fourth-order valence-electron chi connectivity index (χ4n) is 5.14. The molecule has 37 heavy (non-hydrogen) atoms. The summed E-state index contributed by atoms with van der Waals surface area (Å²) >= 11 is 0. The van der Waals surface area contributed by atoms with Gasteiger partial charge in [-0.25, -0.2) is 0 Å². The smallest absolute Gasteiger partial charge is 0.0256 e. The first-order valence-electron chi connectivity index (χ1n) is 12.2. The standard InChI is InChI=1S/C36H31N/c1-7-14-27(23-37)25-18-20-26(21-19-25)35-30(10-4)31(11-5)36(33-16-13-12-15-32(33)35)34-22-17-24(6)28(8-2)29(34)9-3/h7-23,37H,1-5H2,6H3/b27-14+,37-23?. The molecule has 1 N–H and O–H groups in total. The van der Waals surface area contributed by atoms with Crippen LogP contribution in [0.15, 0.2) is 106 Å². The third kappa shape index (κ3) is 4.37. The average molecular weight is 478 g/mol. The van der Waals surface area contributed by atoms with Crippen LogP contribution < -0.4 is 0 Å². The molecular formula is C36H31N. The van der Waals surface area contributed by atoms with Crippen LogP contribution in [-0.4, -0.2) is 6.21 Å². The van der Waals surface area contributed by atoms with Crippen LogP contribution in [0.4, 0.5) is 0 Å². The van der Waals surface area contributed by atoms with Crippen molar-refractivity contribution in [3.63, 3.8) is 0 Å². The highest BCUT2D eigenvalue weighted by atomic mass is 14.3. The van der Waals surface area contributed by atoms with Crippen molar-refractivity contribution >= 4 is 46.9 Å². The van der Waals surface area contributed by atoms with Crippen LogP contribution in [0.2, 0.25) is 0 Å². The first-order chi connectivity index (χ1) is 18.0. The van der Waals surface area contributed by atoms with Gasteiger partial charge in [0.05, 0.1) is 0 Å². The SMILES string of the molecule is C=C/C=C(\C=N)c1ccc(-c2c(C=C)c(C=C)c(-c3ccc(C)c(C=C)c3C=C)c3ccccc23)cc1. The van der Waals surface area contributed by atoms with Crippen molar-refractivity contribution in [3.8, 4) is 22.3 Å². The van der Waals surface area contributed by atoms with E-state index in [1.807, 2.05) is 42.5 Å². The predicted octanol–water partition coefficient (Wildman–Crippen LogP) is 10.3. The van der Waals surface area contributed by atoms with E-state index in [0.717, 1.165) is 72.0 Å². The van der Waals surface area contributed by atoms with Gasteiger partial charge in [-0.3, -0.25) is 0 Å². The molecule has 180 valence electrons. The van der Waals surface area contributed by atoms with Gasteiger partial charge in [-0.15, -0.1) is 0 Å². The molecular weight excluding hydrogens is 446 g/mol. The van der Waals surface area contributed by atoms with E-state index in [1.54, 1.807) is 6.08 Å². The second kappa shape index (κ2) is 10.9. The Labute approximate surface area is 220 Å². The molecule has 0 amide bonds. The summed E-state index contributed by atoms with van der Waals surface area (Å²) in [5.74, 6) is 0. The lowest BCUT2D eigenvalue weighted by Crippen LogP contribution is -1.99. The quantitative estimate of drug-likeness (QED) is 0.183. The van der Waals surface area contributed by atoms with E-state index in [-0.39, 0.29) is 0 Å². The molecule has 4 aromatic carbocycles. The number of aryl methyl sites for hydroxylation is 1. The third-order valence-corrected chi connectivity index (χ3v) is 6.85. The topological polar surface area (TPSA) is 23.9 Å². The zero-order chi connectivity index (χ0) is 26.5. The highest BCUT2D eigenvalue weighted by Gasteiger charge is 2.21. The zero-order valence-electron chi connectivity index (χ0n) is 21.4. The van der Waals surface area contributed by atoms with Crippen LogP contribution in [-0.2, 0) is 0 Å². The maximum Gasteiger partial charge on any atom is 0.0256 e. The molecule has 0 atom stereocenters. The molecule has 1 nitrogen and oxygen atoms in total. The molecule has 0 bridgehead atoms. The van der Waals surface area contributed by atoms with E-state index >= 15 is 0 Å². The van der Waals surface area contributed by atoms with Gasteiger partial charge in [-0.1, -0.05) is 130 Å². The van der Waals surface area contributed by atoms with Gasteiger partial charge in [0.2, 0.25) is 0 Å². The normalized spacial score (nSPS) is 11.1. The van der Waals surface area contributed by atoms with E-state index in [9.17, 15) is 0 Å². The minimum atomic E-state index is 0.812. The zero-order valence-corrected chi connectivity index (χ0v) is 21.4. The molecule has 0 radical (unpaired) electrons. The summed E-state index contributed by atoms with van der Waals surface area (Å²) in [6.45, 7) is 22.5. The number of fused-ring (bicyclic) bond motifs is 1. The molecule has 0 aliphatic heterocycles. The molecule has 0 aromatic heterocycles. The van der Waals surface area contributed by atoms with Crippen LogP contribution >= 0.6 is 0 Å². The van der Waals surface area contributed by atoms with Crippen molar-refractivity contribution in [2.45, 2.75) is 6.92 Å². The van der Waals surface area contributed by atoms with Crippen molar-refractivity contribution in [3.05, 3.63) is 139 Å². The van der Waals surface area contributed by atoms with Crippen LogP contribution in [0.1, 0.15) is 33.4 Å². The van der Waals surface area contributed by atoms with Gasteiger partial charge in [0.1, 0.15) is 0 Å². The monoisotopic (exact) mass is 477 g/mol. The Kier molecular flexibility index (Phi) is 7.46. The molecule has 4 aromatic rings. The Morgan fingerprint density at radius 1 is 0.649 bits per heavy atom. The van der Waals surface area contributed by atoms with Gasteiger partial charge in [-0.2, -0.15) is 0 Å². The number of hydrogen-bond acceptors (Lipinski definition) is 1. The molecule has 4 rings (SSSR count). The summed E-state index contributed by atoms with van der Waals surface area (Å²) in [5, 5.41) is 10.0. The van der Waals surface area contributed by atoms with E-state index in [2.05, 4.69) is 88.3 Å². The second-order valence-corrected chi connectivity index (χ2v) is 8.78. The highest BCUT2D eigenvalue weighted by Crippen LogP contribution is 2.45. The van der Waals surface area contributed by atoms with E-state index in [1.165, 1.54) is 6.21 Å². The van der Waals surface area contributed by atoms with Gasteiger partial charge in [-0.05, 0) is 78.9 Å². The van der Waals surface area contributed by atoms with Gasteiger partial charge in [0, 0.05) is 6.21 Å². The number of rotatable bonds is 9. The minimum Gasteiger partial charge on any atom is -0.308 e. The number of benzene rings is 4. The fraction of sp³-hybridized carbons (Fsp3) is 0.0278. The van der Waals surface area contributed by atoms with Crippen LogP contribution in [0.3, 0.4) is 0 Å². The van der Waals surface area contributed by atoms with Crippen molar-refractivity contribution in [1.29, 1.82) is 5.41 Å². The second-order valence-electron chi connectivity index (χ2n) is 8.78. The molecule has 0 fully saturated rings. The molecule has 0 aliphatic rings. The summed E-state index contributed by atoms with van der Waals surface area (Å²) in [6.07, 6.45) is 12.6. The van der Waals surface area contributed by atoms with Gasteiger partial charge in [0.25, 0.3) is 0 Å². The Balaban J connectivity index is 2.11. The average Bonchev–Trinajstić information content (AvgIpc) is 2.94. The maximum atomic E-state index is 7.75. The van der Waals surface area contributed by atoms with Crippen molar-refractivity contribution < 1.29 is 0 Å². The first kappa shape index (κ1) is 25.3. The summed E-state index contributed by atoms with van der Waals surface area (Å²) in [5.41, 5.74) is 11.5. The highest BCUT2D eigenvalue weighted by molar-refractivity contribution is 6.13. The summed E-state index contributed by atoms with van der Waals surface area (Å²) in [7, 11) is 0. The molecule has 1 heteroatoms. The van der Waals surface area contributed by atoms with Crippen molar-refractivity contribution in [1.82, 2.24) is 0 Å². The van der Waals surface area contributed by atoms with Gasteiger partial charge in [0.15, 0.2) is 0 Å². The van der Waals surface area contributed by atoms with Gasteiger partial charge < -0.3 is 5.41 Å². The van der Waals surface area contributed by atoms with Crippen molar-refractivity contribution in [2.24, 2.45) is 0 Å². The third-order valence-electron chi connectivity index (χ3n) is 6.85. The van der Waals surface area contributed by atoms with Crippen LogP contribution in [0.5, 0.6) is 0 Å². The largest absolute Gasteiger partial charge is 0.308 e. The first-order valence-corrected chi connectivity index (χ1v) is 12.2. The van der Waals surface area contributed by atoms with Gasteiger partial charge >= 0.3 is 0 Å². The van der Waals surface area contributed by atoms with Crippen molar-refractivity contribution in [2.75, 3.05) is 0 Å². The summed E-state index contributed by atoms with van der Waals surface area (Å²) in [6, 6.07) is 21.1. The lowest BCUT2D eigenvalue weighted by atomic mass is 9.81. The number of hydrogen-bond donors (Lipinski definition) is 1. The molecule has 0 saturated heterocycles. The lowest BCUT2D eigenvalue weighted by Gasteiger charge is -2.22. The molecule has 0 aliphatic carbocycles. The number of nitrogens with one attached hydrogen (secondary N) is 1. The Bertz CT molecular complexity index is 1610. The Morgan fingerprint density at radius 3 is 1.76 bits per heavy atom. The Hall–Kier alpha value is -4.75. The molecule has 0 heterocycles. The minimum absolute atomic E-state index is 0.812. The van der Waals surface area contributed by atoms with Crippen LogP contribution in [0, 0.1) is 12.3 Å². The maximum absolute atomic E-state index is 7.75. The van der Waals surface area contributed by atoms with Crippen LogP contribution in [0.25, 0.3) is 62.9 Å². The molecule has 0 spiro atoms.